The van der Waals surface area contributed by atoms with Crippen LogP contribution in [0.3, 0.4) is 0 Å². The summed E-state index contributed by atoms with van der Waals surface area (Å²) in [7, 11) is 0. The predicted molar refractivity (Wildman–Crippen MR) is 75.8 cm³/mol. The Morgan fingerprint density at radius 3 is 2.57 bits per heavy atom. The molecule has 1 heterocycles. The highest BCUT2D eigenvalue weighted by atomic mass is 16.3. The molecule has 7 heteroatoms. The number of carbonyl (C=O) groups excluding carboxylic acids is 2. The number of aliphatic hydroxyl groups is 1. The molecule has 7 nitrogen and oxygen atoms in total. The van der Waals surface area contributed by atoms with Gasteiger partial charge in [-0.2, -0.15) is 0 Å². The molecule has 0 atom stereocenters. The molecule has 1 aromatic rings. The van der Waals surface area contributed by atoms with E-state index in [4.69, 9.17) is 4.42 Å². The maximum atomic E-state index is 11.7. The van der Waals surface area contributed by atoms with Gasteiger partial charge >= 0.3 is 6.03 Å². The van der Waals surface area contributed by atoms with Crippen molar-refractivity contribution >= 4 is 11.9 Å². The zero-order valence-electron chi connectivity index (χ0n) is 11.8. The molecule has 0 unspecified atom stereocenters. The third kappa shape index (κ3) is 5.11. The minimum Gasteiger partial charge on any atom is -0.459 e. The number of nitrogens with one attached hydrogen (secondary N) is 3. The van der Waals surface area contributed by atoms with Crippen molar-refractivity contribution in [3.63, 3.8) is 0 Å². The van der Waals surface area contributed by atoms with Crippen molar-refractivity contribution in [3.8, 4) is 0 Å². The second-order valence-electron chi connectivity index (χ2n) is 5.14. The van der Waals surface area contributed by atoms with E-state index in [0.717, 1.165) is 25.7 Å². The summed E-state index contributed by atoms with van der Waals surface area (Å²) < 4.78 is 4.95. The van der Waals surface area contributed by atoms with E-state index in [1.807, 2.05) is 0 Å². The molecule has 0 aromatic carbocycles. The molecule has 0 saturated heterocycles. The molecule has 0 radical (unpaired) electrons. The van der Waals surface area contributed by atoms with Gasteiger partial charge in [0.25, 0.3) is 5.91 Å². The second-order valence-corrected chi connectivity index (χ2v) is 5.14. The highest BCUT2D eigenvalue weighted by Crippen LogP contribution is 2.17. The predicted octanol–water partition coefficient (Wildman–Crippen LogP) is 0.612. The van der Waals surface area contributed by atoms with Crippen LogP contribution < -0.4 is 16.0 Å². The zero-order valence-corrected chi connectivity index (χ0v) is 11.8. The van der Waals surface area contributed by atoms with Crippen LogP contribution in [0.4, 0.5) is 4.79 Å². The molecule has 0 bridgehead atoms. The Balaban J connectivity index is 1.56. The normalized spacial score (nSPS) is 21.6. The lowest BCUT2D eigenvalue weighted by molar-refractivity contribution is 0.0926. The van der Waals surface area contributed by atoms with Crippen LogP contribution in [0.5, 0.6) is 0 Å². The van der Waals surface area contributed by atoms with Gasteiger partial charge in [0.1, 0.15) is 0 Å². The molecular weight excluding hydrogens is 274 g/mol. The van der Waals surface area contributed by atoms with Crippen LogP contribution in [-0.4, -0.2) is 42.3 Å². The highest BCUT2D eigenvalue weighted by molar-refractivity contribution is 5.91. The third-order valence-corrected chi connectivity index (χ3v) is 3.47. The summed E-state index contributed by atoms with van der Waals surface area (Å²) in [5.41, 5.74) is 0. The summed E-state index contributed by atoms with van der Waals surface area (Å²) in [5, 5.41) is 17.6. The topological polar surface area (TPSA) is 104 Å². The summed E-state index contributed by atoms with van der Waals surface area (Å²) in [6.45, 7) is 0.671. The molecule has 0 spiro atoms. The Labute approximate surface area is 123 Å². The molecule has 0 aliphatic heterocycles. The highest BCUT2D eigenvalue weighted by Gasteiger charge is 2.20. The van der Waals surface area contributed by atoms with Crippen LogP contribution in [0.1, 0.15) is 36.2 Å². The van der Waals surface area contributed by atoms with Crippen LogP contribution in [0, 0.1) is 0 Å². The third-order valence-electron chi connectivity index (χ3n) is 3.47. The van der Waals surface area contributed by atoms with Crippen molar-refractivity contribution < 1.29 is 19.1 Å². The standard InChI is InChI=1S/C14H21N3O4/c18-11-5-3-10(4-6-11)17-14(20)16-8-7-15-13(19)12-2-1-9-21-12/h1-2,9-11,18H,3-8H2,(H,15,19)(H2,16,17,20). The van der Waals surface area contributed by atoms with Crippen LogP contribution in [0.2, 0.25) is 0 Å². The number of aliphatic hydroxyl groups excluding tert-OH is 1. The van der Waals surface area contributed by atoms with Gasteiger partial charge in [-0.3, -0.25) is 4.79 Å². The number of furan rings is 1. The van der Waals surface area contributed by atoms with Crippen molar-refractivity contribution in [2.75, 3.05) is 13.1 Å². The largest absolute Gasteiger partial charge is 0.459 e. The Kier molecular flexibility index (Phi) is 5.62. The summed E-state index contributed by atoms with van der Waals surface area (Å²) >= 11 is 0. The van der Waals surface area contributed by atoms with Crippen molar-refractivity contribution in [1.82, 2.24) is 16.0 Å². The summed E-state index contributed by atoms with van der Waals surface area (Å²) in [4.78, 5) is 23.2. The van der Waals surface area contributed by atoms with Crippen LogP contribution in [-0.2, 0) is 0 Å². The molecule has 1 aliphatic carbocycles. The van der Waals surface area contributed by atoms with E-state index in [-0.39, 0.29) is 29.8 Å². The number of urea groups is 1. The summed E-state index contributed by atoms with van der Waals surface area (Å²) in [5.74, 6) is -0.0521. The summed E-state index contributed by atoms with van der Waals surface area (Å²) in [6.07, 6.45) is 4.24. The van der Waals surface area contributed by atoms with Gasteiger partial charge in [-0.1, -0.05) is 0 Å². The first-order chi connectivity index (χ1) is 10.1. The first-order valence-electron chi connectivity index (χ1n) is 7.19. The van der Waals surface area contributed by atoms with E-state index in [1.165, 1.54) is 6.26 Å². The maximum Gasteiger partial charge on any atom is 0.315 e. The quantitative estimate of drug-likeness (QED) is 0.598. The second kappa shape index (κ2) is 7.68. The molecule has 116 valence electrons. The number of hydrogen-bond donors (Lipinski definition) is 4. The van der Waals surface area contributed by atoms with E-state index < -0.39 is 0 Å². The Morgan fingerprint density at radius 1 is 1.19 bits per heavy atom. The van der Waals surface area contributed by atoms with Gasteiger partial charge in [-0.15, -0.1) is 0 Å². The number of amides is 3. The molecule has 3 amide bonds. The van der Waals surface area contributed by atoms with E-state index in [0.29, 0.717) is 13.1 Å². The lowest BCUT2D eigenvalue weighted by Gasteiger charge is -2.26. The van der Waals surface area contributed by atoms with Crippen molar-refractivity contribution in [3.05, 3.63) is 24.2 Å². The minimum absolute atomic E-state index is 0.117. The van der Waals surface area contributed by atoms with E-state index in [9.17, 15) is 14.7 Å². The van der Waals surface area contributed by atoms with Crippen LogP contribution >= 0.6 is 0 Å². The zero-order chi connectivity index (χ0) is 15.1. The number of carbonyl (C=O) groups is 2. The molecule has 2 rings (SSSR count). The lowest BCUT2D eigenvalue weighted by atomic mass is 9.93. The van der Waals surface area contributed by atoms with E-state index >= 15 is 0 Å². The maximum absolute atomic E-state index is 11.7. The number of hydrogen-bond acceptors (Lipinski definition) is 4. The summed E-state index contributed by atoms with van der Waals surface area (Å²) in [6, 6.07) is 3.09. The fraction of sp³-hybridized carbons (Fsp3) is 0.571. The molecule has 4 N–H and O–H groups in total. The van der Waals surface area contributed by atoms with Crippen molar-refractivity contribution in [1.29, 1.82) is 0 Å². The fourth-order valence-electron chi connectivity index (χ4n) is 2.30. The van der Waals surface area contributed by atoms with Gasteiger partial charge in [0.2, 0.25) is 0 Å². The number of rotatable bonds is 5. The first kappa shape index (κ1) is 15.4. The van der Waals surface area contributed by atoms with Gasteiger partial charge in [-0.05, 0) is 37.8 Å². The van der Waals surface area contributed by atoms with Crippen LogP contribution in [0.25, 0.3) is 0 Å². The van der Waals surface area contributed by atoms with Gasteiger partial charge in [0.05, 0.1) is 12.4 Å². The minimum atomic E-state index is -0.302. The monoisotopic (exact) mass is 295 g/mol. The molecule has 1 aliphatic rings. The molecule has 21 heavy (non-hydrogen) atoms. The Bertz CT molecular complexity index is 453. The molecule has 1 saturated carbocycles. The van der Waals surface area contributed by atoms with Gasteiger partial charge in [-0.25, -0.2) is 4.79 Å². The Hall–Kier alpha value is -2.02. The fourth-order valence-corrected chi connectivity index (χ4v) is 2.30. The SMILES string of the molecule is O=C(NCCNC(=O)c1ccco1)NC1CCC(O)CC1. The van der Waals surface area contributed by atoms with Gasteiger partial charge in [0.15, 0.2) is 5.76 Å². The van der Waals surface area contributed by atoms with E-state index in [2.05, 4.69) is 16.0 Å². The van der Waals surface area contributed by atoms with Crippen molar-refractivity contribution in [2.24, 2.45) is 0 Å². The molecule has 1 aromatic heterocycles. The van der Waals surface area contributed by atoms with Crippen molar-refractivity contribution in [2.45, 2.75) is 37.8 Å². The average molecular weight is 295 g/mol. The van der Waals surface area contributed by atoms with Gasteiger partial charge in [0, 0.05) is 19.1 Å². The lowest BCUT2D eigenvalue weighted by Crippen LogP contribution is -2.46. The van der Waals surface area contributed by atoms with Gasteiger partial charge < -0.3 is 25.5 Å². The molecule has 1 fully saturated rings. The van der Waals surface area contributed by atoms with E-state index in [1.54, 1.807) is 12.1 Å². The average Bonchev–Trinajstić information content (AvgIpc) is 3.00. The van der Waals surface area contributed by atoms with Crippen LogP contribution in [0.15, 0.2) is 22.8 Å². The smallest absolute Gasteiger partial charge is 0.315 e. The first-order valence-corrected chi connectivity index (χ1v) is 7.19. The Morgan fingerprint density at radius 2 is 1.90 bits per heavy atom. The molecular formula is C14H21N3O4.